The van der Waals surface area contributed by atoms with E-state index in [0.717, 1.165) is 57.4 Å². The number of pyridine rings is 1. The number of carbonyl (C=O) groups excluding carboxylic acids is 2. The highest BCUT2D eigenvalue weighted by Crippen LogP contribution is 2.31. The smallest absolute Gasteiger partial charge is 0.251 e. The van der Waals surface area contributed by atoms with Crippen LogP contribution in [0.5, 0.6) is 0 Å². The van der Waals surface area contributed by atoms with Crippen LogP contribution < -0.4 is 16.0 Å². The van der Waals surface area contributed by atoms with Crippen LogP contribution in [0.2, 0.25) is 0 Å². The molecule has 0 radical (unpaired) electrons. The van der Waals surface area contributed by atoms with Crippen molar-refractivity contribution in [2.45, 2.75) is 57.4 Å². The first-order chi connectivity index (χ1) is 12.0. The maximum absolute atomic E-state index is 12.8. The average Bonchev–Trinajstić information content (AvgIpc) is 3.01. The Hall–Kier alpha value is -2.11. The van der Waals surface area contributed by atoms with Crippen molar-refractivity contribution in [2.24, 2.45) is 11.7 Å². The normalized spacial score (nSPS) is 22.6. The van der Waals surface area contributed by atoms with Crippen LogP contribution in [0, 0.1) is 5.92 Å². The first-order valence-electron chi connectivity index (χ1n) is 9.29. The van der Waals surface area contributed by atoms with Gasteiger partial charge in [0.15, 0.2) is 0 Å². The molecule has 2 heterocycles. The monoisotopic (exact) mass is 344 g/mol. The van der Waals surface area contributed by atoms with Crippen molar-refractivity contribution in [3.63, 3.8) is 0 Å². The molecule has 2 amide bonds. The van der Waals surface area contributed by atoms with Crippen LogP contribution >= 0.6 is 0 Å². The third-order valence-electron chi connectivity index (χ3n) is 5.46. The molecule has 136 valence electrons. The Bertz CT molecular complexity index is 640. The van der Waals surface area contributed by atoms with Gasteiger partial charge in [-0.15, -0.1) is 0 Å². The quantitative estimate of drug-likeness (QED) is 0.857. The molecule has 0 unspecified atom stereocenters. The number of nitrogens with one attached hydrogen (secondary N) is 1. The minimum absolute atomic E-state index is 0.140. The molecule has 1 saturated heterocycles. The summed E-state index contributed by atoms with van der Waals surface area (Å²) in [6.45, 7) is 4.18. The molecule has 1 aliphatic heterocycles. The van der Waals surface area contributed by atoms with E-state index in [1.54, 1.807) is 12.3 Å². The fraction of sp³-hybridized carbons (Fsp3) is 0.632. The Kier molecular flexibility index (Phi) is 5.25. The molecule has 1 aliphatic carbocycles. The Morgan fingerprint density at radius 3 is 2.76 bits per heavy atom. The molecule has 0 spiro atoms. The van der Waals surface area contributed by atoms with Gasteiger partial charge in [0, 0.05) is 36.8 Å². The molecule has 1 aromatic rings. The van der Waals surface area contributed by atoms with Crippen molar-refractivity contribution >= 4 is 17.6 Å². The van der Waals surface area contributed by atoms with Crippen LogP contribution in [0.1, 0.15) is 62.2 Å². The summed E-state index contributed by atoms with van der Waals surface area (Å²) in [6.07, 6.45) is 7.84. The number of nitrogens with two attached hydrogens (primary N) is 1. The van der Waals surface area contributed by atoms with Gasteiger partial charge in [-0.3, -0.25) is 9.59 Å². The van der Waals surface area contributed by atoms with Gasteiger partial charge in [-0.25, -0.2) is 4.98 Å². The van der Waals surface area contributed by atoms with E-state index in [9.17, 15) is 9.59 Å². The molecule has 6 heteroatoms. The second-order valence-electron chi connectivity index (χ2n) is 7.68. The zero-order chi connectivity index (χ0) is 17.9. The van der Waals surface area contributed by atoms with Gasteiger partial charge in [0.25, 0.3) is 5.91 Å². The number of amides is 2. The van der Waals surface area contributed by atoms with Gasteiger partial charge in [0.2, 0.25) is 5.91 Å². The van der Waals surface area contributed by atoms with E-state index < -0.39 is 5.54 Å². The second kappa shape index (κ2) is 7.42. The van der Waals surface area contributed by atoms with Crippen molar-refractivity contribution in [2.75, 3.05) is 18.0 Å². The average molecular weight is 344 g/mol. The van der Waals surface area contributed by atoms with E-state index in [4.69, 9.17) is 5.73 Å². The first-order valence-corrected chi connectivity index (χ1v) is 9.29. The van der Waals surface area contributed by atoms with Crippen molar-refractivity contribution in [1.82, 2.24) is 10.3 Å². The summed E-state index contributed by atoms with van der Waals surface area (Å²) >= 11 is 0. The maximum atomic E-state index is 12.8. The van der Waals surface area contributed by atoms with Crippen LogP contribution in [-0.2, 0) is 4.79 Å². The summed E-state index contributed by atoms with van der Waals surface area (Å²) in [6, 6.07) is 3.59. The van der Waals surface area contributed by atoms with Gasteiger partial charge in [0.1, 0.15) is 5.82 Å². The fourth-order valence-corrected chi connectivity index (χ4v) is 4.10. The Balaban J connectivity index is 1.74. The van der Waals surface area contributed by atoms with Crippen molar-refractivity contribution in [1.29, 1.82) is 0 Å². The molecule has 0 bridgehead atoms. The van der Waals surface area contributed by atoms with Gasteiger partial charge < -0.3 is 16.0 Å². The summed E-state index contributed by atoms with van der Waals surface area (Å²) < 4.78 is 0. The molecule has 3 rings (SSSR count). The zero-order valence-electron chi connectivity index (χ0n) is 15.0. The van der Waals surface area contributed by atoms with E-state index in [0.29, 0.717) is 11.5 Å². The maximum Gasteiger partial charge on any atom is 0.251 e. The topological polar surface area (TPSA) is 88.3 Å². The predicted molar refractivity (Wildman–Crippen MR) is 97.3 cm³/mol. The number of anilines is 1. The lowest BCUT2D eigenvalue weighted by atomic mass is 9.79. The van der Waals surface area contributed by atoms with Gasteiger partial charge >= 0.3 is 0 Å². The third-order valence-corrected chi connectivity index (χ3v) is 5.46. The number of nitrogens with zero attached hydrogens (tertiary/aromatic N) is 2. The third kappa shape index (κ3) is 4.30. The Morgan fingerprint density at radius 2 is 2.12 bits per heavy atom. The number of hydrogen-bond donors (Lipinski definition) is 2. The standard InChI is InChI=1S/C19H28N4O2/c1-14-6-10-23(13-14)17-11-15(5-9-21-17)18(25)22-19(12-16(20)24)7-3-2-4-8-19/h5,9,11,14H,2-4,6-8,10,12-13H2,1H3,(H2,20,24)(H,22,25)/t14-/m0/s1. The lowest BCUT2D eigenvalue weighted by Gasteiger charge is -2.37. The summed E-state index contributed by atoms with van der Waals surface area (Å²) in [7, 11) is 0. The Labute approximate surface area is 149 Å². The van der Waals surface area contributed by atoms with E-state index in [1.807, 2.05) is 6.07 Å². The van der Waals surface area contributed by atoms with Crippen LogP contribution in [0.4, 0.5) is 5.82 Å². The highest BCUT2D eigenvalue weighted by Gasteiger charge is 2.35. The molecule has 3 N–H and O–H groups in total. The molecule has 1 aromatic heterocycles. The SMILES string of the molecule is C[C@H]1CCN(c2cc(C(=O)NC3(CC(N)=O)CCCCC3)ccn2)C1. The minimum atomic E-state index is -0.493. The van der Waals surface area contributed by atoms with E-state index in [2.05, 4.69) is 22.1 Å². The second-order valence-corrected chi connectivity index (χ2v) is 7.68. The van der Waals surface area contributed by atoms with Crippen LogP contribution in [0.15, 0.2) is 18.3 Å². The van der Waals surface area contributed by atoms with Crippen molar-refractivity contribution in [3.05, 3.63) is 23.9 Å². The number of primary amides is 1. The number of carbonyl (C=O) groups is 2. The largest absolute Gasteiger partial charge is 0.370 e. The van der Waals surface area contributed by atoms with Gasteiger partial charge in [-0.1, -0.05) is 26.2 Å². The molecule has 1 saturated carbocycles. The summed E-state index contributed by atoms with van der Waals surface area (Å²) in [4.78, 5) is 31.0. The summed E-state index contributed by atoms with van der Waals surface area (Å²) in [5, 5.41) is 3.12. The van der Waals surface area contributed by atoms with Crippen molar-refractivity contribution in [3.8, 4) is 0 Å². The molecule has 2 fully saturated rings. The number of hydrogen-bond acceptors (Lipinski definition) is 4. The lowest BCUT2D eigenvalue weighted by molar-refractivity contribution is -0.119. The molecular weight excluding hydrogens is 316 g/mol. The van der Waals surface area contributed by atoms with E-state index >= 15 is 0 Å². The molecular formula is C19H28N4O2. The van der Waals surface area contributed by atoms with E-state index in [1.165, 1.54) is 0 Å². The lowest BCUT2D eigenvalue weighted by Crippen LogP contribution is -2.52. The first kappa shape index (κ1) is 17.7. The minimum Gasteiger partial charge on any atom is -0.370 e. The zero-order valence-corrected chi connectivity index (χ0v) is 15.0. The molecule has 2 aliphatic rings. The van der Waals surface area contributed by atoms with Gasteiger partial charge in [-0.2, -0.15) is 0 Å². The van der Waals surface area contributed by atoms with Crippen LogP contribution in [0.25, 0.3) is 0 Å². The predicted octanol–water partition coefficient (Wildman–Crippen LogP) is 2.24. The summed E-state index contributed by atoms with van der Waals surface area (Å²) in [5.74, 6) is 1.01. The van der Waals surface area contributed by atoms with Crippen molar-refractivity contribution < 1.29 is 9.59 Å². The number of aromatic nitrogens is 1. The van der Waals surface area contributed by atoms with Gasteiger partial charge in [-0.05, 0) is 37.3 Å². The fourth-order valence-electron chi connectivity index (χ4n) is 4.10. The molecule has 1 atom stereocenters. The summed E-state index contributed by atoms with van der Waals surface area (Å²) in [5.41, 5.74) is 5.54. The highest BCUT2D eigenvalue weighted by molar-refractivity contribution is 5.95. The van der Waals surface area contributed by atoms with E-state index in [-0.39, 0.29) is 18.2 Å². The van der Waals surface area contributed by atoms with Crippen LogP contribution in [-0.4, -0.2) is 35.4 Å². The molecule has 0 aromatic carbocycles. The molecule has 25 heavy (non-hydrogen) atoms. The highest BCUT2D eigenvalue weighted by atomic mass is 16.2. The van der Waals surface area contributed by atoms with Crippen LogP contribution in [0.3, 0.4) is 0 Å². The Morgan fingerprint density at radius 1 is 1.36 bits per heavy atom. The van der Waals surface area contributed by atoms with Gasteiger partial charge in [0.05, 0.1) is 0 Å². The molecule has 6 nitrogen and oxygen atoms in total. The number of rotatable bonds is 5.